The van der Waals surface area contributed by atoms with Crippen LogP contribution in [0.5, 0.6) is 5.75 Å². The molecule has 1 N–H and O–H groups in total. The molecule has 0 radical (unpaired) electrons. The molecule has 2 aromatic carbocycles. The summed E-state index contributed by atoms with van der Waals surface area (Å²) in [6, 6.07) is 14.6. The minimum atomic E-state index is -0.363. The number of hydrogen-bond donors (Lipinski definition) is 1. The number of benzene rings is 2. The lowest BCUT2D eigenvalue weighted by Crippen LogP contribution is -2.07. The molecule has 9 heteroatoms. The van der Waals surface area contributed by atoms with Gasteiger partial charge >= 0.3 is 5.97 Å². The van der Waals surface area contributed by atoms with E-state index in [2.05, 4.69) is 20.3 Å². The molecule has 0 fully saturated rings. The van der Waals surface area contributed by atoms with Gasteiger partial charge in [-0.3, -0.25) is 10.1 Å². The highest BCUT2D eigenvalue weighted by atomic mass is 32.2. The largest absolute Gasteiger partial charge is 0.496 e. The standard InChI is InChI=1S/C21H19N3O4S2/c1-27-17-6-4-3-5-15(17)11-12-18(25)22-20-23-24-21(30-20)29-13-14-7-9-16(10-8-14)19(26)28-2/h3-12H,13H2,1-2H3,(H,22,23,25). The van der Waals surface area contributed by atoms with E-state index in [0.29, 0.717) is 22.2 Å². The number of aromatic nitrogens is 2. The van der Waals surface area contributed by atoms with Gasteiger partial charge in [0.25, 0.3) is 0 Å². The summed E-state index contributed by atoms with van der Waals surface area (Å²) in [5, 5.41) is 11.2. The SMILES string of the molecule is COC(=O)c1ccc(CSc2nnc(NC(=O)C=Cc3ccccc3OC)s2)cc1. The summed E-state index contributed by atoms with van der Waals surface area (Å²) in [4.78, 5) is 23.6. The molecule has 154 valence electrons. The van der Waals surface area contributed by atoms with Gasteiger partial charge in [0.15, 0.2) is 4.34 Å². The molecule has 1 amide bonds. The van der Waals surface area contributed by atoms with Gasteiger partial charge in [0.2, 0.25) is 11.0 Å². The first kappa shape index (κ1) is 21.5. The molecule has 3 rings (SSSR count). The number of methoxy groups -OCH3 is 2. The second-order valence-electron chi connectivity index (χ2n) is 5.91. The van der Waals surface area contributed by atoms with E-state index in [0.717, 1.165) is 15.5 Å². The molecule has 0 saturated heterocycles. The van der Waals surface area contributed by atoms with Crippen LogP contribution in [-0.2, 0) is 15.3 Å². The Kier molecular flexibility index (Phi) is 7.58. The van der Waals surface area contributed by atoms with Gasteiger partial charge in [-0.15, -0.1) is 10.2 Å². The number of hydrogen-bond acceptors (Lipinski definition) is 8. The predicted molar refractivity (Wildman–Crippen MR) is 118 cm³/mol. The van der Waals surface area contributed by atoms with Gasteiger partial charge in [0.1, 0.15) is 5.75 Å². The third kappa shape index (κ3) is 5.91. The lowest BCUT2D eigenvalue weighted by Gasteiger charge is -2.03. The molecule has 30 heavy (non-hydrogen) atoms. The zero-order valence-electron chi connectivity index (χ0n) is 16.3. The van der Waals surface area contributed by atoms with Crippen LogP contribution in [0.4, 0.5) is 5.13 Å². The third-order valence-electron chi connectivity index (χ3n) is 3.93. The number of thioether (sulfide) groups is 1. The number of nitrogens with zero attached hydrogens (tertiary/aromatic N) is 2. The lowest BCUT2D eigenvalue weighted by molar-refractivity contribution is -0.111. The molecule has 0 saturated carbocycles. The van der Waals surface area contributed by atoms with E-state index < -0.39 is 0 Å². The van der Waals surface area contributed by atoms with Crippen molar-refractivity contribution in [1.29, 1.82) is 0 Å². The maximum absolute atomic E-state index is 12.1. The van der Waals surface area contributed by atoms with Gasteiger partial charge in [-0.05, 0) is 29.8 Å². The Hall–Kier alpha value is -3.17. The minimum absolute atomic E-state index is 0.299. The Balaban J connectivity index is 1.52. The van der Waals surface area contributed by atoms with Crippen molar-refractivity contribution in [2.24, 2.45) is 0 Å². The van der Waals surface area contributed by atoms with Gasteiger partial charge < -0.3 is 9.47 Å². The molecule has 3 aromatic rings. The van der Waals surface area contributed by atoms with Crippen LogP contribution in [0.25, 0.3) is 6.08 Å². The first-order valence-electron chi connectivity index (χ1n) is 8.84. The second kappa shape index (κ2) is 10.6. The monoisotopic (exact) mass is 441 g/mol. The molecule has 0 aliphatic rings. The molecule has 7 nitrogen and oxygen atoms in total. The van der Waals surface area contributed by atoms with Crippen LogP contribution >= 0.6 is 23.1 Å². The third-order valence-corrected chi connectivity index (χ3v) is 5.97. The van der Waals surface area contributed by atoms with Crippen molar-refractivity contribution in [3.63, 3.8) is 0 Å². The molecule has 1 aromatic heterocycles. The summed E-state index contributed by atoms with van der Waals surface area (Å²) in [5.74, 6) is 0.693. The molecule has 0 atom stereocenters. The van der Waals surface area contributed by atoms with E-state index in [1.807, 2.05) is 36.4 Å². The maximum Gasteiger partial charge on any atom is 0.337 e. The highest BCUT2D eigenvalue weighted by Gasteiger charge is 2.09. The second-order valence-corrected chi connectivity index (χ2v) is 8.11. The van der Waals surface area contributed by atoms with E-state index in [9.17, 15) is 9.59 Å². The fourth-order valence-corrected chi connectivity index (χ4v) is 4.15. The zero-order valence-corrected chi connectivity index (χ0v) is 18.0. The molecule has 0 unspecified atom stereocenters. The fourth-order valence-electron chi connectivity index (χ4n) is 2.44. The average molecular weight is 442 g/mol. The first-order chi connectivity index (χ1) is 14.6. The van der Waals surface area contributed by atoms with Crippen LogP contribution in [0.1, 0.15) is 21.5 Å². The van der Waals surface area contributed by atoms with E-state index in [4.69, 9.17) is 4.74 Å². The molecule has 0 spiro atoms. The van der Waals surface area contributed by atoms with E-state index in [1.54, 1.807) is 25.3 Å². The Morgan fingerprint density at radius 3 is 2.60 bits per heavy atom. The number of rotatable bonds is 8. The normalized spacial score (nSPS) is 10.7. The predicted octanol–water partition coefficient (Wildman–Crippen LogP) is 4.28. The topological polar surface area (TPSA) is 90.4 Å². The van der Waals surface area contributed by atoms with Gasteiger partial charge in [0.05, 0.1) is 19.8 Å². The number of carbonyl (C=O) groups excluding carboxylic acids is 2. The van der Waals surface area contributed by atoms with Gasteiger partial charge in [-0.2, -0.15) is 0 Å². The van der Waals surface area contributed by atoms with Crippen molar-refractivity contribution < 1.29 is 19.1 Å². The first-order valence-corrected chi connectivity index (χ1v) is 10.6. The molecule has 0 bridgehead atoms. The average Bonchev–Trinajstić information content (AvgIpc) is 3.23. The summed E-state index contributed by atoms with van der Waals surface area (Å²) >= 11 is 2.80. The lowest BCUT2D eigenvalue weighted by atomic mass is 10.1. The number of amides is 1. The maximum atomic E-state index is 12.1. The smallest absolute Gasteiger partial charge is 0.337 e. The number of esters is 1. The van der Waals surface area contributed by atoms with Gasteiger partial charge in [-0.25, -0.2) is 4.79 Å². The highest BCUT2D eigenvalue weighted by Crippen LogP contribution is 2.28. The van der Waals surface area contributed by atoms with Crippen molar-refractivity contribution in [3.8, 4) is 5.75 Å². The van der Waals surface area contributed by atoms with Crippen LogP contribution < -0.4 is 10.1 Å². The summed E-state index contributed by atoms with van der Waals surface area (Å²) in [6.07, 6.45) is 3.11. The van der Waals surface area contributed by atoms with E-state index in [-0.39, 0.29) is 11.9 Å². The van der Waals surface area contributed by atoms with Crippen molar-refractivity contribution in [2.45, 2.75) is 10.1 Å². The zero-order chi connectivity index (χ0) is 21.3. The van der Waals surface area contributed by atoms with Crippen molar-refractivity contribution in [3.05, 3.63) is 71.3 Å². The Labute approximate surface area is 182 Å². The number of anilines is 1. The van der Waals surface area contributed by atoms with Crippen LogP contribution in [0, 0.1) is 0 Å². The number of nitrogens with one attached hydrogen (secondary N) is 1. The summed E-state index contributed by atoms with van der Waals surface area (Å²) in [5.41, 5.74) is 2.35. The number of para-hydroxylation sites is 1. The highest BCUT2D eigenvalue weighted by molar-refractivity contribution is 8.00. The molecular weight excluding hydrogens is 422 g/mol. The van der Waals surface area contributed by atoms with E-state index in [1.165, 1.54) is 36.3 Å². The Morgan fingerprint density at radius 2 is 1.87 bits per heavy atom. The van der Waals surface area contributed by atoms with Gasteiger partial charge in [0, 0.05) is 17.4 Å². The fraction of sp³-hybridized carbons (Fsp3) is 0.143. The summed E-state index contributed by atoms with van der Waals surface area (Å²) in [6.45, 7) is 0. The summed E-state index contributed by atoms with van der Waals surface area (Å²) < 4.78 is 10.7. The van der Waals surface area contributed by atoms with Crippen LogP contribution in [0.3, 0.4) is 0 Å². The minimum Gasteiger partial charge on any atom is -0.496 e. The number of ether oxygens (including phenoxy) is 2. The number of carbonyl (C=O) groups is 2. The van der Waals surface area contributed by atoms with Crippen LogP contribution in [-0.4, -0.2) is 36.3 Å². The van der Waals surface area contributed by atoms with Gasteiger partial charge in [-0.1, -0.05) is 53.4 Å². The molecule has 0 aliphatic carbocycles. The van der Waals surface area contributed by atoms with Crippen LogP contribution in [0.15, 0.2) is 58.9 Å². The molecular formula is C21H19N3O4S2. The van der Waals surface area contributed by atoms with Crippen molar-refractivity contribution in [1.82, 2.24) is 10.2 Å². The molecule has 0 aliphatic heterocycles. The quantitative estimate of drug-likeness (QED) is 0.241. The van der Waals surface area contributed by atoms with Crippen molar-refractivity contribution in [2.75, 3.05) is 19.5 Å². The molecule has 1 heterocycles. The van der Waals surface area contributed by atoms with Crippen molar-refractivity contribution >= 4 is 46.2 Å². The van der Waals surface area contributed by atoms with Crippen LogP contribution in [0.2, 0.25) is 0 Å². The Morgan fingerprint density at radius 1 is 1.10 bits per heavy atom. The van der Waals surface area contributed by atoms with E-state index >= 15 is 0 Å². The Bertz CT molecular complexity index is 1050. The summed E-state index contributed by atoms with van der Waals surface area (Å²) in [7, 11) is 2.94.